The van der Waals surface area contributed by atoms with Crippen LogP contribution in [0.1, 0.15) is 23.5 Å². The number of methoxy groups -OCH3 is 1. The number of rotatable bonds is 7. The molecule has 0 aliphatic rings. The number of hydrogen-bond acceptors (Lipinski definition) is 2. The maximum Gasteiger partial charge on any atom is 0.221 e. The summed E-state index contributed by atoms with van der Waals surface area (Å²) < 4.78 is 4.99. The molecule has 6 heteroatoms. The maximum atomic E-state index is 12.4. The molecule has 1 aromatic heterocycles. The summed E-state index contributed by atoms with van der Waals surface area (Å²) in [7, 11) is 1.61. The van der Waals surface area contributed by atoms with Crippen LogP contribution in [-0.4, -0.2) is 31.2 Å². The lowest BCUT2D eigenvalue weighted by molar-refractivity contribution is -0.121. The van der Waals surface area contributed by atoms with E-state index in [0.717, 1.165) is 22.0 Å². The van der Waals surface area contributed by atoms with Gasteiger partial charge in [-0.1, -0.05) is 35.3 Å². The molecule has 2 N–H and O–H groups in total. The second kappa shape index (κ2) is 8.58. The lowest BCUT2D eigenvalue weighted by Crippen LogP contribution is -2.28. The van der Waals surface area contributed by atoms with E-state index in [-0.39, 0.29) is 11.8 Å². The number of aromatic nitrogens is 1. The Morgan fingerprint density at radius 1 is 1.15 bits per heavy atom. The molecule has 0 radical (unpaired) electrons. The summed E-state index contributed by atoms with van der Waals surface area (Å²) >= 11 is 12.2. The lowest BCUT2D eigenvalue weighted by Gasteiger charge is -2.17. The molecule has 0 fully saturated rings. The third-order valence-corrected chi connectivity index (χ3v) is 4.83. The standard InChI is InChI=1S/C20H20Cl2N2O2/c1-26-9-8-23-20(25)11-16(13-2-4-14(21)5-3-13)18-12-24-19-7-6-15(22)10-17(18)19/h2-7,10,12,16,24H,8-9,11H2,1H3,(H,23,25)/t16-/m0/s1. The van der Waals surface area contributed by atoms with E-state index in [0.29, 0.717) is 29.6 Å². The highest BCUT2D eigenvalue weighted by atomic mass is 35.5. The highest BCUT2D eigenvalue weighted by Crippen LogP contribution is 2.35. The number of hydrogen-bond donors (Lipinski definition) is 2. The number of H-pyrrole nitrogens is 1. The Labute approximate surface area is 162 Å². The van der Waals surface area contributed by atoms with Gasteiger partial charge in [0.15, 0.2) is 0 Å². The molecule has 0 aliphatic heterocycles. The van der Waals surface area contributed by atoms with Crippen LogP contribution in [0.4, 0.5) is 0 Å². The fourth-order valence-corrected chi connectivity index (χ4v) is 3.35. The third-order valence-electron chi connectivity index (χ3n) is 4.34. The monoisotopic (exact) mass is 390 g/mol. The van der Waals surface area contributed by atoms with Crippen LogP contribution in [0.15, 0.2) is 48.7 Å². The molecule has 0 saturated heterocycles. The molecule has 3 aromatic rings. The van der Waals surface area contributed by atoms with E-state index in [1.54, 1.807) is 7.11 Å². The largest absolute Gasteiger partial charge is 0.383 e. The van der Waals surface area contributed by atoms with E-state index in [1.807, 2.05) is 48.7 Å². The Morgan fingerprint density at radius 2 is 1.88 bits per heavy atom. The van der Waals surface area contributed by atoms with Gasteiger partial charge in [0.25, 0.3) is 0 Å². The molecule has 4 nitrogen and oxygen atoms in total. The van der Waals surface area contributed by atoms with E-state index in [2.05, 4.69) is 10.3 Å². The zero-order chi connectivity index (χ0) is 18.5. The van der Waals surface area contributed by atoms with E-state index >= 15 is 0 Å². The number of carbonyl (C=O) groups excluding carboxylic acids is 1. The van der Waals surface area contributed by atoms with Crippen molar-refractivity contribution >= 4 is 40.0 Å². The summed E-state index contributed by atoms with van der Waals surface area (Å²) in [6, 6.07) is 13.3. The first kappa shape index (κ1) is 18.8. The van der Waals surface area contributed by atoms with Gasteiger partial charge < -0.3 is 15.0 Å². The number of carbonyl (C=O) groups is 1. The van der Waals surface area contributed by atoms with E-state index in [4.69, 9.17) is 27.9 Å². The van der Waals surface area contributed by atoms with E-state index in [1.165, 1.54) is 0 Å². The molecule has 0 saturated carbocycles. The fourth-order valence-electron chi connectivity index (χ4n) is 3.06. The molecule has 2 aromatic carbocycles. The Balaban J connectivity index is 1.95. The van der Waals surface area contributed by atoms with E-state index < -0.39 is 0 Å². The number of fused-ring (bicyclic) bond motifs is 1. The van der Waals surface area contributed by atoms with Crippen LogP contribution in [0.5, 0.6) is 0 Å². The fraction of sp³-hybridized carbons (Fsp3) is 0.250. The van der Waals surface area contributed by atoms with Gasteiger partial charge in [-0.15, -0.1) is 0 Å². The molecule has 0 spiro atoms. The first-order valence-electron chi connectivity index (χ1n) is 8.36. The molecule has 3 rings (SSSR count). The summed E-state index contributed by atoms with van der Waals surface area (Å²) in [5, 5.41) is 5.24. The summed E-state index contributed by atoms with van der Waals surface area (Å²) in [4.78, 5) is 15.7. The van der Waals surface area contributed by atoms with Gasteiger partial charge >= 0.3 is 0 Å². The minimum absolute atomic E-state index is 0.0293. The minimum atomic E-state index is -0.109. The Hall–Kier alpha value is -2.01. The molecular weight excluding hydrogens is 371 g/mol. The minimum Gasteiger partial charge on any atom is -0.383 e. The summed E-state index contributed by atoms with van der Waals surface area (Å²) in [6.07, 6.45) is 2.27. The van der Waals surface area contributed by atoms with Crippen LogP contribution in [-0.2, 0) is 9.53 Å². The average Bonchev–Trinajstić information content (AvgIpc) is 3.03. The van der Waals surface area contributed by atoms with Crippen molar-refractivity contribution in [3.05, 3.63) is 69.8 Å². The van der Waals surface area contributed by atoms with Gasteiger partial charge in [0.2, 0.25) is 5.91 Å². The molecule has 0 unspecified atom stereocenters. The van der Waals surface area contributed by atoms with Crippen molar-refractivity contribution in [1.29, 1.82) is 0 Å². The first-order valence-corrected chi connectivity index (χ1v) is 9.11. The molecule has 1 amide bonds. The van der Waals surface area contributed by atoms with Crippen molar-refractivity contribution in [2.75, 3.05) is 20.3 Å². The van der Waals surface area contributed by atoms with Crippen molar-refractivity contribution in [3.8, 4) is 0 Å². The maximum absolute atomic E-state index is 12.4. The van der Waals surface area contributed by atoms with Crippen molar-refractivity contribution in [2.45, 2.75) is 12.3 Å². The predicted octanol–water partition coefficient (Wildman–Crippen LogP) is 4.76. The number of ether oxygens (including phenoxy) is 1. The highest BCUT2D eigenvalue weighted by Gasteiger charge is 2.21. The van der Waals surface area contributed by atoms with Crippen molar-refractivity contribution in [2.24, 2.45) is 0 Å². The Kier molecular flexibility index (Phi) is 6.20. The van der Waals surface area contributed by atoms with Gasteiger partial charge in [-0.3, -0.25) is 4.79 Å². The average molecular weight is 391 g/mol. The molecule has 0 aliphatic carbocycles. The Morgan fingerprint density at radius 3 is 2.62 bits per heavy atom. The van der Waals surface area contributed by atoms with Gasteiger partial charge in [-0.05, 0) is 41.5 Å². The van der Waals surface area contributed by atoms with E-state index in [9.17, 15) is 4.79 Å². The van der Waals surface area contributed by atoms with Gasteiger partial charge in [-0.25, -0.2) is 0 Å². The topological polar surface area (TPSA) is 54.1 Å². The predicted molar refractivity (Wildman–Crippen MR) is 106 cm³/mol. The number of benzene rings is 2. The second-order valence-corrected chi connectivity index (χ2v) is 6.96. The summed E-state index contributed by atoms with van der Waals surface area (Å²) in [6.45, 7) is 0.975. The van der Waals surface area contributed by atoms with Gasteiger partial charge in [-0.2, -0.15) is 0 Å². The number of amides is 1. The first-order chi connectivity index (χ1) is 12.6. The van der Waals surface area contributed by atoms with Crippen LogP contribution >= 0.6 is 23.2 Å². The van der Waals surface area contributed by atoms with Crippen LogP contribution in [0.3, 0.4) is 0 Å². The van der Waals surface area contributed by atoms with Gasteiger partial charge in [0, 0.05) is 53.1 Å². The number of halogens is 2. The lowest BCUT2D eigenvalue weighted by atomic mass is 9.88. The van der Waals surface area contributed by atoms with Crippen LogP contribution < -0.4 is 5.32 Å². The van der Waals surface area contributed by atoms with Crippen molar-refractivity contribution in [1.82, 2.24) is 10.3 Å². The molecule has 0 bridgehead atoms. The van der Waals surface area contributed by atoms with Crippen LogP contribution in [0.2, 0.25) is 10.0 Å². The third kappa shape index (κ3) is 4.39. The molecule has 26 heavy (non-hydrogen) atoms. The van der Waals surface area contributed by atoms with Crippen LogP contribution in [0.25, 0.3) is 10.9 Å². The zero-order valence-corrected chi connectivity index (χ0v) is 15.9. The number of aromatic amines is 1. The highest BCUT2D eigenvalue weighted by molar-refractivity contribution is 6.31. The normalized spacial score (nSPS) is 12.3. The molecule has 1 atom stereocenters. The molecule has 136 valence electrons. The number of nitrogens with one attached hydrogen (secondary N) is 2. The molecular formula is C20H20Cl2N2O2. The second-order valence-electron chi connectivity index (χ2n) is 6.08. The van der Waals surface area contributed by atoms with Crippen molar-refractivity contribution < 1.29 is 9.53 Å². The quantitative estimate of drug-likeness (QED) is 0.571. The smallest absolute Gasteiger partial charge is 0.221 e. The van der Waals surface area contributed by atoms with Gasteiger partial charge in [0.05, 0.1) is 6.61 Å². The van der Waals surface area contributed by atoms with Crippen molar-refractivity contribution in [3.63, 3.8) is 0 Å². The zero-order valence-electron chi connectivity index (χ0n) is 14.4. The van der Waals surface area contributed by atoms with Crippen LogP contribution in [0, 0.1) is 0 Å². The Bertz CT molecular complexity index is 890. The summed E-state index contributed by atoms with van der Waals surface area (Å²) in [5.74, 6) is -0.139. The summed E-state index contributed by atoms with van der Waals surface area (Å²) in [5.41, 5.74) is 3.05. The van der Waals surface area contributed by atoms with Gasteiger partial charge in [0.1, 0.15) is 0 Å². The SMILES string of the molecule is COCCNC(=O)C[C@@H](c1ccc(Cl)cc1)c1c[nH]c2ccc(Cl)cc12. The molecule has 1 heterocycles.